The van der Waals surface area contributed by atoms with Crippen LogP contribution in [-0.2, 0) is 0 Å². The molecule has 0 aliphatic carbocycles. The third-order valence-corrected chi connectivity index (χ3v) is 4.15. The number of aromatic nitrogens is 2. The first-order valence-electron chi connectivity index (χ1n) is 9.13. The molecule has 0 saturated heterocycles. The number of hydrogen-bond donors (Lipinski definition) is 4. The van der Waals surface area contributed by atoms with E-state index in [2.05, 4.69) is 26.5 Å². The lowest BCUT2D eigenvalue weighted by atomic mass is 10.0. The second kappa shape index (κ2) is 10.1. The number of carbonyl (C=O) groups excluding carboxylic acids is 1. The fourth-order valence-corrected chi connectivity index (χ4v) is 2.68. The zero-order valence-corrected chi connectivity index (χ0v) is 17.0. The van der Waals surface area contributed by atoms with Crippen molar-refractivity contribution in [3.63, 3.8) is 0 Å². The number of amides is 2. The first-order valence-corrected chi connectivity index (χ1v) is 9.13. The number of nitrogens with two attached hydrogens (primary N) is 1. The van der Waals surface area contributed by atoms with Crippen molar-refractivity contribution >= 4 is 17.6 Å². The summed E-state index contributed by atoms with van der Waals surface area (Å²) in [5, 5.41) is 17.7. The van der Waals surface area contributed by atoms with Gasteiger partial charge in [0.2, 0.25) is 0 Å². The minimum Gasteiger partial charge on any atom is -0.361 e. The number of anilines is 1. The van der Waals surface area contributed by atoms with Gasteiger partial charge in [-0.05, 0) is 45.0 Å². The number of pyridine rings is 1. The molecule has 0 radical (unpaired) electrons. The first kappa shape index (κ1) is 21.8. The number of hydrogen-bond acceptors (Lipinski definition) is 6. The molecule has 2 heterocycles. The van der Waals surface area contributed by atoms with Crippen LogP contribution in [0.25, 0.3) is 0 Å². The zero-order chi connectivity index (χ0) is 21.4. The van der Waals surface area contributed by atoms with Gasteiger partial charge in [0.25, 0.3) is 0 Å². The maximum absolute atomic E-state index is 12.2. The lowest BCUT2D eigenvalue weighted by Gasteiger charge is -2.15. The Hall–Kier alpha value is -3.52. The van der Waals surface area contributed by atoms with Crippen LogP contribution in [0.4, 0.5) is 10.6 Å². The molecule has 0 aliphatic rings. The van der Waals surface area contributed by atoms with Crippen LogP contribution in [0.5, 0.6) is 0 Å². The van der Waals surface area contributed by atoms with Gasteiger partial charge in [0.05, 0.1) is 11.8 Å². The molecule has 3 aromatic rings. The molecule has 1 atom stereocenters. The van der Waals surface area contributed by atoms with Gasteiger partial charge in [-0.1, -0.05) is 35.5 Å². The second-order valence-corrected chi connectivity index (χ2v) is 6.31. The minimum absolute atomic E-state index is 0. The van der Waals surface area contributed by atoms with Crippen molar-refractivity contribution in [3.8, 4) is 0 Å². The molecule has 1 aromatic carbocycles. The summed E-state index contributed by atoms with van der Waals surface area (Å²) in [6.07, 6.45) is 1.55. The molecule has 2 aromatic heterocycles. The first-order chi connectivity index (χ1) is 13.9. The number of urea groups is 1. The van der Waals surface area contributed by atoms with E-state index in [1.165, 1.54) is 7.05 Å². The third-order valence-electron chi connectivity index (χ3n) is 4.15. The predicted octanol–water partition coefficient (Wildman–Crippen LogP) is 4.30. The number of carbonyl (C=O) groups is 1. The lowest BCUT2D eigenvalue weighted by molar-refractivity contribution is 0.249. The van der Waals surface area contributed by atoms with Crippen LogP contribution in [0.15, 0.2) is 53.2 Å². The summed E-state index contributed by atoms with van der Waals surface area (Å²) in [5.74, 6) is 1.06. The molecular weight excluding hydrogens is 368 g/mol. The quantitative estimate of drug-likeness (QED) is 0.474. The van der Waals surface area contributed by atoms with Gasteiger partial charge in [-0.2, -0.15) is 0 Å². The van der Waals surface area contributed by atoms with Gasteiger partial charge in [0.1, 0.15) is 17.3 Å². The summed E-state index contributed by atoms with van der Waals surface area (Å²) < 4.78 is 5.02. The van der Waals surface area contributed by atoms with E-state index in [0.717, 1.165) is 11.1 Å². The Balaban J connectivity index is 0. The molecule has 0 spiro atoms. The average molecular weight is 401 g/mol. The van der Waals surface area contributed by atoms with Crippen LogP contribution in [0.2, 0.25) is 0 Å². The Morgan fingerprint density at radius 2 is 1.90 bits per heavy atom. The standard InChI is InChI=1S/C20H21N5O2.CH5N.3H2/c1-12-9-18(22-11-16(12)19(21)17-10-13(2)27-25-17)24-20(26)23-14(3)15-7-5-4-6-8-15;1-2;;;/h4-11,14,21H,1-3H3,(H2,22,23,24,26);2H2,1H3;3*1H/t14-;;;;/m1..../s1. The highest BCUT2D eigenvalue weighted by Crippen LogP contribution is 2.17. The topological polar surface area (TPSA) is 130 Å². The summed E-state index contributed by atoms with van der Waals surface area (Å²) >= 11 is 0. The smallest absolute Gasteiger partial charge is 0.320 e. The van der Waals surface area contributed by atoms with E-state index in [0.29, 0.717) is 22.8 Å². The van der Waals surface area contributed by atoms with Crippen molar-refractivity contribution in [1.82, 2.24) is 15.5 Å². The Morgan fingerprint density at radius 3 is 2.48 bits per heavy atom. The van der Waals surface area contributed by atoms with Gasteiger partial charge in [0.15, 0.2) is 0 Å². The molecule has 0 aliphatic heterocycles. The highest BCUT2D eigenvalue weighted by atomic mass is 16.5. The summed E-state index contributed by atoms with van der Waals surface area (Å²) in [4.78, 5) is 16.5. The molecule has 0 fully saturated rings. The van der Waals surface area contributed by atoms with Gasteiger partial charge in [0, 0.05) is 22.1 Å². The summed E-state index contributed by atoms with van der Waals surface area (Å²) in [7, 11) is 1.50. The summed E-state index contributed by atoms with van der Waals surface area (Å²) in [5.41, 5.74) is 7.63. The van der Waals surface area contributed by atoms with Crippen molar-refractivity contribution in [2.45, 2.75) is 26.8 Å². The minimum atomic E-state index is -0.340. The van der Waals surface area contributed by atoms with E-state index < -0.39 is 0 Å². The maximum atomic E-state index is 12.2. The predicted molar refractivity (Wildman–Crippen MR) is 120 cm³/mol. The van der Waals surface area contributed by atoms with E-state index in [4.69, 9.17) is 9.93 Å². The second-order valence-electron chi connectivity index (χ2n) is 6.31. The number of nitrogens with one attached hydrogen (secondary N) is 3. The highest BCUT2D eigenvalue weighted by molar-refractivity contribution is 6.10. The van der Waals surface area contributed by atoms with Crippen LogP contribution in [0.3, 0.4) is 0 Å². The lowest BCUT2D eigenvalue weighted by Crippen LogP contribution is -2.31. The van der Waals surface area contributed by atoms with Crippen molar-refractivity contribution in [2.75, 3.05) is 12.4 Å². The van der Waals surface area contributed by atoms with Gasteiger partial charge < -0.3 is 15.6 Å². The summed E-state index contributed by atoms with van der Waals surface area (Å²) in [6.45, 7) is 5.54. The monoisotopic (exact) mass is 400 g/mol. The molecule has 5 N–H and O–H groups in total. The van der Waals surface area contributed by atoms with Gasteiger partial charge in [-0.15, -0.1) is 0 Å². The van der Waals surface area contributed by atoms with Crippen LogP contribution in [0.1, 0.15) is 45.4 Å². The van der Waals surface area contributed by atoms with Crippen LogP contribution < -0.4 is 16.4 Å². The Morgan fingerprint density at radius 1 is 1.21 bits per heavy atom. The molecule has 0 saturated carbocycles. The Labute approximate surface area is 174 Å². The number of aryl methyl sites for hydroxylation is 2. The summed E-state index contributed by atoms with van der Waals surface area (Å²) in [6, 6.07) is 12.7. The van der Waals surface area contributed by atoms with Gasteiger partial charge in [-0.3, -0.25) is 10.7 Å². The molecule has 29 heavy (non-hydrogen) atoms. The fraction of sp³-hybridized carbons (Fsp3) is 0.238. The van der Waals surface area contributed by atoms with E-state index in [9.17, 15) is 4.79 Å². The molecule has 0 unspecified atom stereocenters. The van der Waals surface area contributed by atoms with E-state index in [1.807, 2.05) is 44.2 Å². The molecule has 158 valence electrons. The van der Waals surface area contributed by atoms with Crippen LogP contribution >= 0.6 is 0 Å². The van der Waals surface area contributed by atoms with E-state index >= 15 is 0 Å². The largest absolute Gasteiger partial charge is 0.361 e. The third kappa shape index (κ3) is 5.73. The average Bonchev–Trinajstić information content (AvgIpc) is 3.16. The van der Waals surface area contributed by atoms with Crippen LogP contribution in [0, 0.1) is 19.3 Å². The van der Waals surface area contributed by atoms with Crippen molar-refractivity contribution < 1.29 is 13.6 Å². The van der Waals surface area contributed by atoms with Crippen molar-refractivity contribution in [1.29, 1.82) is 5.41 Å². The van der Waals surface area contributed by atoms with Crippen molar-refractivity contribution in [2.24, 2.45) is 5.73 Å². The number of nitrogens with zero attached hydrogens (tertiary/aromatic N) is 2. The van der Waals surface area contributed by atoms with Gasteiger partial charge in [-0.25, -0.2) is 9.78 Å². The van der Waals surface area contributed by atoms with Gasteiger partial charge >= 0.3 is 6.03 Å². The van der Waals surface area contributed by atoms with Crippen LogP contribution in [-0.4, -0.2) is 28.9 Å². The van der Waals surface area contributed by atoms with E-state index in [1.54, 1.807) is 25.3 Å². The molecular formula is C21H32N6O2. The molecule has 2 amide bonds. The molecule has 8 nitrogen and oxygen atoms in total. The highest BCUT2D eigenvalue weighted by Gasteiger charge is 2.14. The maximum Gasteiger partial charge on any atom is 0.320 e. The Kier molecular flexibility index (Phi) is 7.62. The SMILES string of the molecule is CN.Cc1cc(C(=N)c2cnc(NC(=O)N[C@H](C)c3ccccc3)cc2C)no1.[HH].[HH].[HH]. The number of rotatable bonds is 5. The Bertz CT molecular complexity index is 983. The fourth-order valence-electron chi connectivity index (χ4n) is 2.68. The van der Waals surface area contributed by atoms with Crippen molar-refractivity contribution in [3.05, 3.63) is 76.8 Å². The zero-order valence-electron chi connectivity index (χ0n) is 17.0. The molecule has 0 bridgehead atoms. The normalized spacial score (nSPS) is 11.1. The van der Waals surface area contributed by atoms with E-state index in [-0.39, 0.29) is 22.1 Å². The molecule has 3 rings (SSSR count). The number of benzene rings is 1. The molecule has 8 heteroatoms.